The quantitative estimate of drug-likeness (QED) is 0.929. The van der Waals surface area contributed by atoms with E-state index in [2.05, 4.69) is 25.6 Å². The molecular weight excluding hydrogens is 304 g/mol. The highest BCUT2D eigenvalue weighted by Gasteiger charge is 2.10. The molecule has 84 valence electrons. The van der Waals surface area contributed by atoms with Crippen molar-refractivity contribution in [1.82, 2.24) is 4.98 Å². The van der Waals surface area contributed by atoms with Gasteiger partial charge in [-0.25, -0.2) is 13.4 Å². The molecule has 0 aliphatic rings. The predicted octanol–water partition coefficient (Wildman–Crippen LogP) is 2.65. The Morgan fingerprint density at radius 3 is 2.80 bits per heavy atom. The van der Waals surface area contributed by atoms with Crippen LogP contribution in [-0.2, 0) is 10.0 Å². The molecule has 0 atom stereocenters. The third kappa shape index (κ3) is 3.96. The fourth-order valence-electron chi connectivity index (χ4n) is 0.949. The van der Waals surface area contributed by atoms with E-state index in [9.17, 15) is 8.42 Å². The summed E-state index contributed by atoms with van der Waals surface area (Å²) in [4.78, 5) is 3.88. The van der Waals surface area contributed by atoms with Gasteiger partial charge in [-0.2, -0.15) is 0 Å². The van der Waals surface area contributed by atoms with Gasteiger partial charge in [0.25, 0.3) is 0 Å². The minimum absolute atomic E-state index is 0.0718. The fourth-order valence-corrected chi connectivity index (χ4v) is 2.39. The number of aromatic nitrogens is 1. The Kier molecular flexibility index (Phi) is 4.36. The average Bonchev–Trinajstić information content (AvgIpc) is 2.10. The first-order valence-electron chi connectivity index (χ1n) is 4.26. The van der Waals surface area contributed by atoms with E-state index >= 15 is 0 Å². The molecular formula is C8H10BrClN2O2S. The number of nitrogens with zero attached hydrogens (tertiary/aromatic N) is 1. The summed E-state index contributed by atoms with van der Waals surface area (Å²) in [7, 11) is -3.30. The summed E-state index contributed by atoms with van der Waals surface area (Å²) in [6, 6.07) is 1.46. The summed E-state index contributed by atoms with van der Waals surface area (Å²) in [5, 5.41) is 0.416. The van der Waals surface area contributed by atoms with E-state index in [1.54, 1.807) is 6.92 Å². The van der Waals surface area contributed by atoms with Gasteiger partial charge in [-0.1, -0.05) is 18.5 Å². The molecule has 0 radical (unpaired) electrons. The highest BCUT2D eigenvalue weighted by Crippen LogP contribution is 2.23. The maximum Gasteiger partial charge on any atom is 0.233 e. The molecule has 0 unspecified atom stereocenters. The van der Waals surface area contributed by atoms with E-state index in [-0.39, 0.29) is 11.6 Å². The summed E-state index contributed by atoms with van der Waals surface area (Å²) < 4.78 is 25.8. The van der Waals surface area contributed by atoms with Crippen LogP contribution in [0.4, 0.5) is 5.82 Å². The number of anilines is 1. The van der Waals surface area contributed by atoms with Crippen LogP contribution in [-0.4, -0.2) is 19.2 Å². The Morgan fingerprint density at radius 1 is 1.60 bits per heavy atom. The second-order valence-corrected chi connectivity index (χ2v) is 6.01. The summed E-state index contributed by atoms with van der Waals surface area (Å²) in [6.07, 6.45) is 2.01. The molecule has 1 aromatic rings. The lowest BCUT2D eigenvalue weighted by Crippen LogP contribution is -2.16. The molecule has 1 N–H and O–H groups in total. The van der Waals surface area contributed by atoms with Crippen LogP contribution in [0.25, 0.3) is 0 Å². The first kappa shape index (κ1) is 12.7. The van der Waals surface area contributed by atoms with Crippen molar-refractivity contribution >= 4 is 43.4 Å². The lowest BCUT2D eigenvalue weighted by molar-refractivity contribution is 0.599. The maximum absolute atomic E-state index is 11.4. The molecule has 0 aromatic carbocycles. The lowest BCUT2D eigenvalue weighted by atomic mass is 10.5. The molecule has 4 nitrogen and oxygen atoms in total. The Balaban J connectivity index is 2.86. The third-order valence-corrected chi connectivity index (χ3v) is 4.18. The van der Waals surface area contributed by atoms with Crippen LogP contribution in [0.2, 0.25) is 5.02 Å². The number of rotatable bonds is 4. The van der Waals surface area contributed by atoms with E-state index < -0.39 is 10.0 Å². The molecule has 0 saturated heterocycles. The number of halogens is 2. The average molecular weight is 314 g/mol. The standard InChI is InChI=1S/C8H10BrClN2O2S/c1-2-3-15(13,14)12-8-4-7(10)6(9)5-11-8/h4-5H,2-3H2,1H3,(H,11,12). The molecule has 0 aliphatic heterocycles. The largest absolute Gasteiger partial charge is 0.267 e. The van der Waals surface area contributed by atoms with Gasteiger partial charge in [0.2, 0.25) is 10.0 Å². The molecule has 1 rings (SSSR count). The molecule has 15 heavy (non-hydrogen) atoms. The molecule has 0 amide bonds. The number of sulfonamides is 1. The molecule has 1 aromatic heterocycles. The van der Waals surface area contributed by atoms with E-state index in [0.29, 0.717) is 15.9 Å². The van der Waals surface area contributed by atoms with Crippen molar-refractivity contribution in [3.8, 4) is 0 Å². The van der Waals surface area contributed by atoms with Crippen LogP contribution in [0, 0.1) is 0 Å². The van der Waals surface area contributed by atoms with E-state index in [1.165, 1.54) is 12.3 Å². The first-order chi connectivity index (χ1) is 6.94. The highest BCUT2D eigenvalue weighted by atomic mass is 79.9. The summed E-state index contributed by atoms with van der Waals surface area (Å²) in [5.74, 6) is 0.305. The van der Waals surface area contributed by atoms with Crippen molar-refractivity contribution in [1.29, 1.82) is 0 Å². The predicted molar refractivity (Wildman–Crippen MR) is 64.6 cm³/mol. The SMILES string of the molecule is CCCS(=O)(=O)Nc1cc(Cl)c(Br)cn1. The van der Waals surface area contributed by atoms with Gasteiger partial charge in [0, 0.05) is 12.3 Å². The van der Waals surface area contributed by atoms with Crippen molar-refractivity contribution < 1.29 is 8.42 Å². The van der Waals surface area contributed by atoms with Crippen LogP contribution >= 0.6 is 27.5 Å². The van der Waals surface area contributed by atoms with Crippen LogP contribution in [0.3, 0.4) is 0 Å². The van der Waals surface area contributed by atoms with Gasteiger partial charge in [0.1, 0.15) is 5.82 Å². The van der Waals surface area contributed by atoms with Gasteiger partial charge < -0.3 is 0 Å². The van der Waals surface area contributed by atoms with Gasteiger partial charge in [-0.15, -0.1) is 0 Å². The van der Waals surface area contributed by atoms with Crippen LogP contribution < -0.4 is 4.72 Å². The Labute approximate surface area is 102 Å². The van der Waals surface area contributed by atoms with E-state index in [4.69, 9.17) is 11.6 Å². The van der Waals surface area contributed by atoms with Gasteiger partial charge >= 0.3 is 0 Å². The van der Waals surface area contributed by atoms with Gasteiger partial charge in [0.05, 0.1) is 15.2 Å². The van der Waals surface area contributed by atoms with Crippen molar-refractivity contribution in [2.75, 3.05) is 10.5 Å². The van der Waals surface area contributed by atoms with Crippen molar-refractivity contribution in [2.24, 2.45) is 0 Å². The maximum atomic E-state index is 11.4. The van der Waals surface area contributed by atoms with Gasteiger partial charge in [-0.3, -0.25) is 4.72 Å². The van der Waals surface area contributed by atoms with Crippen molar-refractivity contribution in [2.45, 2.75) is 13.3 Å². The van der Waals surface area contributed by atoms with Gasteiger partial charge in [-0.05, 0) is 22.4 Å². The number of hydrogen-bond acceptors (Lipinski definition) is 3. The first-order valence-corrected chi connectivity index (χ1v) is 7.08. The van der Waals surface area contributed by atoms with Crippen LogP contribution in [0.15, 0.2) is 16.7 Å². The van der Waals surface area contributed by atoms with E-state index in [1.807, 2.05) is 0 Å². The molecule has 0 aliphatic carbocycles. The molecule has 0 fully saturated rings. The zero-order valence-electron chi connectivity index (χ0n) is 8.00. The smallest absolute Gasteiger partial charge is 0.233 e. The molecule has 7 heteroatoms. The highest BCUT2D eigenvalue weighted by molar-refractivity contribution is 9.10. The fraction of sp³-hybridized carbons (Fsp3) is 0.375. The molecule has 0 spiro atoms. The number of hydrogen-bond donors (Lipinski definition) is 1. The zero-order chi connectivity index (χ0) is 11.5. The third-order valence-electron chi connectivity index (χ3n) is 1.54. The van der Waals surface area contributed by atoms with Crippen LogP contribution in [0.1, 0.15) is 13.3 Å². The van der Waals surface area contributed by atoms with Crippen molar-refractivity contribution in [3.63, 3.8) is 0 Å². The second-order valence-electron chi connectivity index (χ2n) is 2.90. The van der Waals surface area contributed by atoms with Crippen LogP contribution in [0.5, 0.6) is 0 Å². The van der Waals surface area contributed by atoms with E-state index in [0.717, 1.165) is 0 Å². The second kappa shape index (κ2) is 5.14. The number of pyridine rings is 1. The van der Waals surface area contributed by atoms with Crippen molar-refractivity contribution in [3.05, 3.63) is 21.8 Å². The summed E-state index contributed by atoms with van der Waals surface area (Å²) in [5.41, 5.74) is 0. The minimum Gasteiger partial charge on any atom is -0.267 e. The Bertz CT molecular complexity index is 450. The summed E-state index contributed by atoms with van der Waals surface area (Å²) >= 11 is 8.97. The minimum atomic E-state index is -3.30. The zero-order valence-corrected chi connectivity index (χ0v) is 11.2. The molecule has 0 saturated carbocycles. The Hall–Kier alpha value is -0.330. The molecule has 0 bridgehead atoms. The normalized spacial score (nSPS) is 11.4. The van der Waals surface area contributed by atoms with Gasteiger partial charge in [0.15, 0.2) is 0 Å². The lowest BCUT2D eigenvalue weighted by Gasteiger charge is -2.06. The summed E-state index contributed by atoms with van der Waals surface area (Å²) in [6.45, 7) is 1.79. The topological polar surface area (TPSA) is 59.1 Å². The number of nitrogens with one attached hydrogen (secondary N) is 1. The monoisotopic (exact) mass is 312 g/mol. The Morgan fingerprint density at radius 2 is 2.27 bits per heavy atom. The molecule has 1 heterocycles.